The van der Waals surface area contributed by atoms with Crippen LogP contribution in [0.2, 0.25) is 0 Å². The fraction of sp³-hybridized carbons (Fsp3) is 0.700. The van der Waals surface area contributed by atoms with E-state index < -0.39 is 0 Å². The number of nitrogens with zero attached hydrogens (tertiary/aromatic N) is 2. The van der Waals surface area contributed by atoms with Crippen LogP contribution in [-0.2, 0) is 19.4 Å². The number of aromatic nitrogens is 2. The van der Waals surface area contributed by atoms with Gasteiger partial charge in [0.15, 0.2) is 0 Å². The van der Waals surface area contributed by atoms with Gasteiger partial charge in [-0.3, -0.25) is 4.68 Å². The maximum Gasteiger partial charge on any atom is 0.0624 e. The highest BCUT2D eigenvalue weighted by molar-refractivity contribution is 9.09. The largest absolute Gasteiger partial charge is 0.270 e. The van der Waals surface area contributed by atoms with Crippen LogP contribution in [0.1, 0.15) is 31.7 Å². The van der Waals surface area contributed by atoms with Gasteiger partial charge in [-0.2, -0.15) is 5.10 Å². The van der Waals surface area contributed by atoms with Gasteiger partial charge in [0.25, 0.3) is 0 Å². The lowest BCUT2D eigenvalue weighted by atomic mass is 10.2. The van der Waals surface area contributed by atoms with E-state index >= 15 is 0 Å². The molecule has 0 aliphatic rings. The van der Waals surface area contributed by atoms with Crippen molar-refractivity contribution in [1.29, 1.82) is 0 Å². The standard InChI is InChI=1S/C10H17BrN2/c1-3-9-8-10(6-5-7-11)13(4-2)12-9/h8H,3-7H2,1-2H3. The molecule has 74 valence electrons. The van der Waals surface area contributed by atoms with Crippen LogP contribution in [0.15, 0.2) is 6.07 Å². The smallest absolute Gasteiger partial charge is 0.0624 e. The van der Waals surface area contributed by atoms with Crippen molar-refractivity contribution in [2.75, 3.05) is 5.33 Å². The van der Waals surface area contributed by atoms with E-state index in [0.29, 0.717) is 0 Å². The molecule has 13 heavy (non-hydrogen) atoms. The molecule has 0 aliphatic carbocycles. The molecule has 0 fully saturated rings. The van der Waals surface area contributed by atoms with Crippen LogP contribution < -0.4 is 0 Å². The lowest BCUT2D eigenvalue weighted by Gasteiger charge is -2.01. The van der Waals surface area contributed by atoms with Crippen molar-refractivity contribution in [3.05, 3.63) is 17.5 Å². The molecule has 3 heteroatoms. The molecule has 1 rings (SSSR count). The first-order valence-electron chi connectivity index (χ1n) is 4.93. The average molecular weight is 245 g/mol. The predicted octanol–water partition coefficient (Wildman–Crippen LogP) is 2.79. The van der Waals surface area contributed by atoms with E-state index in [0.717, 1.165) is 24.7 Å². The molecule has 0 radical (unpaired) electrons. The van der Waals surface area contributed by atoms with Crippen molar-refractivity contribution >= 4 is 15.9 Å². The minimum atomic E-state index is 0.984. The highest BCUT2D eigenvalue weighted by Gasteiger charge is 2.04. The van der Waals surface area contributed by atoms with Crippen molar-refractivity contribution in [2.45, 2.75) is 39.7 Å². The number of hydrogen-bond acceptors (Lipinski definition) is 1. The van der Waals surface area contributed by atoms with E-state index in [1.54, 1.807) is 0 Å². The van der Waals surface area contributed by atoms with Crippen LogP contribution in [-0.4, -0.2) is 15.1 Å². The van der Waals surface area contributed by atoms with Gasteiger partial charge in [-0.05, 0) is 32.3 Å². The topological polar surface area (TPSA) is 17.8 Å². The van der Waals surface area contributed by atoms with Crippen LogP contribution in [0.3, 0.4) is 0 Å². The van der Waals surface area contributed by atoms with Gasteiger partial charge in [0, 0.05) is 17.6 Å². The second-order valence-electron chi connectivity index (χ2n) is 3.09. The number of aryl methyl sites for hydroxylation is 3. The first-order chi connectivity index (χ1) is 6.31. The summed E-state index contributed by atoms with van der Waals surface area (Å²) in [4.78, 5) is 0. The zero-order valence-corrected chi connectivity index (χ0v) is 9.97. The molecule has 0 spiro atoms. The fourth-order valence-corrected chi connectivity index (χ4v) is 1.69. The van der Waals surface area contributed by atoms with Crippen molar-refractivity contribution in [1.82, 2.24) is 9.78 Å². The molecule has 0 saturated carbocycles. The second kappa shape index (κ2) is 5.43. The zero-order chi connectivity index (χ0) is 9.68. The normalized spacial score (nSPS) is 10.7. The third-order valence-corrected chi connectivity index (χ3v) is 2.70. The van der Waals surface area contributed by atoms with Gasteiger partial charge in [0.05, 0.1) is 5.69 Å². The average Bonchev–Trinajstić information content (AvgIpc) is 2.57. The second-order valence-corrected chi connectivity index (χ2v) is 3.88. The lowest BCUT2D eigenvalue weighted by Crippen LogP contribution is -2.02. The molecule has 1 heterocycles. The first-order valence-corrected chi connectivity index (χ1v) is 6.05. The van der Waals surface area contributed by atoms with Gasteiger partial charge in [0.2, 0.25) is 0 Å². The number of hydrogen-bond donors (Lipinski definition) is 0. The number of alkyl halides is 1. The summed E-state index contributed by atoms with van der Waals surface area (Å²) in [7, 11) is 0. The quantitative estimate of drug-likeness (QED) is 0.729. The monoisotopic (exact) mass is 244 g/mol. The minimum Gasteiger partial charge on any atom is -0.270 e. The van der Waals surface area contributed by atoms with Gasteiger partial charge in [-0.1, -0.05) is 22.9 Å². The third kappa shape index (κ3) is 2.83. The van der Waals surface area contributed by atoms with Gasteiger partial charge >= 0.3 is 0 Å². The third-order valence-electron chi connectivity index (χ3n) is 2.14. The van der Waals surface area contributed by atoms with Crippen molar-refractivity contribution < 1.29 is 0 Å². The Balaban J connectivity index is 2.71. The highest BCUT2D eigenvalue weighted by Crippen LogP contribution is 2.08. The molecule has 0 saturated heterocycles. The summed E-state index contributed by atoms with van der Waals surface area (Å²) in [5.74, 6) is 0. The summed E-state index contributed by atoms with van der Waals surface area (Å²) in [6.07, 6.45) is 3.36. The molecule has 2 nitrogen and oxygen atoms in total. The van der Waals surface area contributed by atoms with Crippen LogP contribution in [0.4, 0.5) is 0 Å². The number of halogens is 1. The Bertz CT molecular complexity index is 255. The molecule has 1 aromatic rings. The molecule has 0 bridgehead atoms. The molecule has 0 aliphatic heterocycles. The fourth-order valence-electron chi connectivity index (χ4n) is 1.41. The summed E-state index contributed by atoms with van der Waals surface area (Å²) < 4.78 is 2.11. The Hall–Kier alpha value is -0.310. The Labute approximate surface area is 88.5 Å². The maximum absolute atomic E-state index is 4.50. The van der Waals surface area contributed by atoms with Crippen molar-refractivity contribution in [3.63, 3.8) is 0 Å². The van der Waals surface area contributed by atoms with E-state index in [2.05, 4.69) is 45.6 Å². The van der Waals surface area contributed by atoms with Crippen LogP contribution >= 0.6 is 15.9 Å². The molecule has 0 atom stereocenters. The molecule has 0 N–H and O–H groups in total. The highest BCUT2D eigenvalue weighted by atomic mass is 79.9. The first kappa shape index (κ1) is 10.8. The van der Waals surface area contributed by atoms with E-state index in [1.165, 1.54) is 17.8 Å². The summed E-state index contributed by atoms with van der Waals surface area (Å²) in [6, 6.07) is 2.23. The van der Waals surface area contributed by atoms with Gasteiger partial charge in [-0.15, -0.1) is 0 Å². The summed E-state index contributed by atoms with van der Waals surface area (Å²) in [5, 5.41) is 5.57. The van der Waals surface area contributed by atoms with E-state index in [-0.39, 0.29) is 0 Å². The summed E-state index contributed by atoms with van der Waals surface area (Å²) in [6.45, 7) is 5.28. The van der Waals surface area contributed by atoms with Crippen LogP contribution in [0.5, 0.6) is 0 Å². The Morgan fingerprint density at radius 3 is 2.77 bits per heavy atom. The van der Waals surface area contributed by atoms with E-state index in [9.17, 15) is 0 Å². The zero-order valence-electron chi connectivity index (χ0n) is 8.39. The van der Waals surface area contributed by atoms with Crippen LogP contribution in [0.25, 0.3) is 0 Å². The number of rotatable bonds is 5. The van der Waals surface area contributed by atoms with Crippen LogP contribution in [0, 0.1) is 0 Å². The Kier molecular flexibility index (Phi) is 4.50. The van der Waals surface area contributed by atoms with Crippen molar-refractivity contribution in [3.8, 4) is 0 Å². The predicted molar refractivity (Wildman–Crippen MR) is 59.4 cm³/mol. The molecule has 1 aromatic heterocycles. The lowest BCUT2D eigenvalue weighted by molar-refractivity contribution is 0.610. The van der Waals surface area contributed by atoms with Crippen molar-refractivity contribution in [2.24, 2.45) is 0 Å². The molecule has 0 aromatic carbocycles. The van der Waals surface area contributed by atoms with E-state index in [1.807, 2.05) is 0 Å². The van der Waals surface area contributed by atoms with Gasteiger partial charge < -0.3 is 0 Å². The molecule has 0 unspecified atom stereocenters. The Morgan fingerprint density at radius 2 is 2.23 bits per heavy atom. The van der Waals surface area contributed by atoms with E-state index in [4.69, 9.17) is 0 Å². The molecular formula is C10H17BrN2. The van der Waals surface area contributed by atoms with Gasteiger partial charge in [0.1, 0.15) is 0 Å². The molecular weight excluding hydrogens is 228 g/mol. The maximum atomic E-state index is 4.50. The molecule has 0 amide bonds. The summed E-state index contributed by atoms with van der Waals surface area (Å²) in [5.41, 5.74) is 2.59. The SMILES string of the molecule is CCc1cc(CCCBr)n(CC)n1. The Morgan fingerprint density at radius 1 is 1.46 bits per heavy atom. The summed E-state index contributed by atoms with van der Waals surface area (Å²) >= 11 is 3.45. The van der Waals surface area contributed by atoms with Gasteiger partial charge in [-0.25, -0.2) is 0 Å². The minimum absolute atomic E-state index is 0.984.